The summed E-state index contributed by atoms with van der Waals surface area (Å²) >= 11 is -1.29. The van der Waals surface area contributed by atoms with Crippen LogP contribution in [0.15, 0.2) is 17.2 Å². The molecule has 5 nitrogen and oxygen atoms in total. The Morgan fingerprint density at radius 3 is 2.67 bits per heavy atom. The van der Waals surface area contributed by atoms with Crippen molar-refractivity contribution in [1.82, 2.24) is 4.98 Å². The number of rotatable bonds is 4. The fourth-order valence-corrected chi connectivity index (χ4v) is 2.09. The molecule has 0 spiro atoms. The molecule has 0 aliphatic carbocycles. The molecule has 1 atom stereocenters. The van der Waals surface area contributed by atoms with E-state index in [9.17, 15) is 4.55 Å². The Bertz CT molecular complexity index is 517. The molecule has 6 heteroatoms. The van der Waals surface area contributed by atoms with Crippen LogP contribution in [-0.4, -0.2) is 20.9 Å². The SMILES string of the molecule is CC[S@@+]([O-])c1cc(OC(C)(C)C#N)cnc1C#N. The van der Waals surface area contributed by atoms with E-state index in [1.54, 1.807) is 20.8 Å². The van der Waals surface area contributed by atoms with Gasteiger partial charge in [-0.1, -0.05) is 0 Å². The molecule has 0 aromatic carbocycles. The van der Waals surface area contributed by atoms with Gasteiger partial charge in [0.1, 0.15) is 23.6 Å². The maximum absolute atomic E-state index is 11.8. The van der Waals surface area contributed by atoms with Crippen LogP contribution in [0.3, 0.4) is 0 Å². The third-order valence-electron chi connectivity index (χ3n) is 2.08. The minimum Gasteiger partial charge on any atom is -0.611 e. The largest absolute Gasteiger partial charge is 0.611 e. The third kappa shape index (κ3) is 3.36. The van der Waals surface area contributed by atoms with E-state index >= 15 is 0 Å². The van der Waals surface area contributed by atoms with Crippen molar-refractivity contribution in [3.05, 3.63) is 18.0 Å². The Kier molecular flexibility index (Phi) is 4.55. The first-order valence-electron chi connectivity index (χ1n) is 5.32. The van der Waals surface area contributed by atoms with Gasteiger partial charge in [-0.3, -0.25) is 0 Å². The van der Waals surface area contributed by atoms with Gasteiger partial charge in [-0.05, 0) is 31.9 Å². The van der Waals surface area contributed by atoms with Crippen molar-refractivity contribution in [1.29, 1.82) is 10.5 Å². The zero-order valence-electron chi connectivity index (χ0n) is 10.4. The van der Waals surface area contributed by atoms with Gasteiger partial charge in [-0.15, -0.1) is 0 Å². The molecule has 0 radical (unpaired) electrons. The van der Waals surface area contributed by atoms with Crippen LogP contribution in [0.5, 0.6) is 5.75 Å². The normalized spacial score (nSPS) is 12.3. The lowest BCUT2D eigenvalue weighted by atomic mass is 10.2. The van der Waals surface area contributed by atoms with Crippen molar-refractivity contribution in [3.8, 4) is 17.9 Å². The Hall–Kier alpha value is -1.76. The van der Waals surface area contributed by atoms with Crippen molar-refractivity contribution < 1.29 is 9.29 Å². The number of aromatic nitrogens is 1. The summed E-state index contributed by atoms with van der Waals surface area (Å²) in [7, 11) is 0. The Labute approximate surface area is 109 Å². The average molecular weight is 263 g/mol. The summed E-state index contributed by atoms with van der Waals surface area (Å²) < 4.78 is 17.2. The zero-order valence-corrected chi connectivity index (χ0v) is 11.2. The van der Waals surface area contributed by atoms with Gasteiger partial charge in [-0.25, -0.2) is 4.98 Å². The zero-order chi connectivity index (χ0) is 13.8. The number of pyridine rings is 1. The van der Waals surface area contributed by atoms with E-state index < -0.39 is 16.8 Å². The summed E-state index contributed by atoms with van der Waals surface area (Å²) in [6.07, 6.45) is 1.36. The van der Waals surface area contributed by atoms with Gasteiger partial charge < -0.3 is 9.29 Å². The average Bonchev–Trinajstić information content (AvgIpc) is 2.37. The van der Waals surface area contributed by atoms with E-state index in [-0.39, 0.29) is 5.69 Å². The first kappa shape index (κ1) is 14.3. The van der Waals surface area contributed by atoms with Gasteiger partial charge in [0.2, 0.25) is 0 Å². The highest BCUT2D eigenvalue weighted by Crippen LogP contribution is 2.23. The Morgan fingerprint density at radius 2 is 2.17 bits per heavy atom. The molecule has 0 bridgehead atoms. The predicted octanol–water partition coefficient (Wildman–Crippen LogP) is 1.76. The highest BCUT2D eigenvalue weighted by Gasteiger charge is 2.22. The van der Waals surface area contributed by atoms with E-state index in [1.807, 2.05) is 12.1 Å². The molecule has 0 amide bonds. The summed E-state index contributed by atoms with van der Waals surface area (Å²) in [5, 5.41) is 17.8. The standard InChI is InChI=1S/C12H13N3O2S/c1-4-18(16)11-5-9(7-15-10(11)6-13)17-12(2,3)8-14/h5,7H,4H2,1-3H3/t18-/m1/s1. The second kappa shape index (κ2) is 5.72. The molecular weight excluding hydrogens is 250 g/mol. The molecule has 0 fully saturated rings. The Balaban J connectivity index is 3.13. The summed E-state index contributed by atoms with van der Waals surface area (Å²) in [6.45, 7) is 4.98. The number of ether oxygens (including phenoxy) is 1. The van der Waals surface area contributed by atoms with Crippen LogP contribution >= 0.6 is 0 Å². The van der Waals surface area contributed by atoms with Gasteiger partial charge in [0.05, 0.1) is 6.20 Å². The quantitative estimate of drug-likeness (QED) is 0.772. The highest BCUT2D eigenvalue weighted by molar-refractivity contribution is 7.91. The topological polar surface area (TPSA) is 92.8 Å². The minimum absolute atomic E-state index is 0.122. The van der Waals surface area contributed by atoms with Crippen molar-refractivity contribution in [2.45, 2.75) is 31.3 Å². The molecule has 18 heavy (non-hydrogen) atoms. The fraction of sp³-hybridized carbons (Fsp3) is 0.417. The maximum Gasteiger partial charge on any atom is 0.196 e. The van der Waals surface area contributed by atoms with Crippen LogP contribution in [0.1, 0.15) is 26.5 Å². The number of nitrogens with zero attached hydrogens (tertiary/aromatic N) is 3. The molecule has 1 rings (SSSR count). The van der Waals surface area contributed by atoms with Gasteiger partial charge >= 0.3 is 0 Å². The van der Waals surface area contributed by atoms with E-state index in [2.05, 4.69) is 4.98 Å². The lowest BCUT2D eigenvalue weighted by Gasteiger charge is -2.18. The molecule has 0 N–H and O–H groups in total. The van der Waals surface area contributed by atoms with Crippen molar-refractivity contribution >= 4 is 11.2 Å². The van der Waals surface area contributed by atoms with E-state index in [0.717, 1.165) is 0 Å². The van der Waals surface area contributed by atoms with Crippen LogP contribution in [0.25, 0.3) is 0 Å². The second-order valence-corrected chi connectivity index (χ2v) is 5.70. The van der Waals surface area contributed by atoms with Gasteiger partial charge in [0.15, 0.2) is 16.2 Å². The van der Waals surface area contributed by atoms with Gasteiger partial charge in [-0.2, -0.15) is 10.5 Å². The molecule has 0 aliphatic rings. The summed E-state index contributed by atoms with van der Waals surface area (Å²) in [5.74, 6) is 0.721. The van der Waals surface area contributed by atoms with Crippen molar-refractivity contribution in [3.63, 3.8) is 0 Å². The highest BCUT2D eigenvalue weighted by atomic mass is 32.2. The lowest BCUT2D eigenvalue weighted by Crippen LogP contribution is -2.25. The number of nitriles is 2. The maximum atomic E-state index is 11.8. The molecule has 1 aromatic rings. The summed E-state index contributed by atoms with van der Waals surface area (Å²) in [6, 6.07) is 5.38. The van der Waals surface area contributed by atoms with E-state index in [0.29, 0.717) is 16.4 Å². The van der Waals surface area contributed by atoms with Crippen LogP contribution in [0.4, 0.5) is 0 Å². The summed E-state index contributed by atoms with van der Waals surface area (Å²) in [4.78, 5) is 4.24. The smallest absolute Gasteiger partial charge is 0.196 e. The number of hydrogen-bond donors (Lipinski definition) is 0. The molecule has 0 unspecified atom stereocenters. The first-order valence-corrected chi connectivity index (χ1v) is 6.64. The van der Waals surface area contributed by atoms with Crippen LogP contribution in [-0.2, 0) is 11.2 Å². The van der Waals surface area contributed by atoms with Gasteiger partial charge in [0, 0.05) is 6.07 Å². The predicted molar refractivity (Wildman–Crippen MR) is 66.2 cm³/mol. The second-order valence-electron chi connectivity index (χ2n) is 3.99. The summed E-state index contributed by atoms with van der Waals surface area (Å²) in [5.41, 5.74) is -0.877. The first-order chi connectivity index (χ1) is 8.43. The molecule has 0 saturated heterocycles. The molecule has 94 valence electrons. The molecule has 0 saturated carbocycles. The van der Waals surface area contributed by atoms with Gasteiger partial charge in [0.25, 0.3) is 0 Å². The van der Waals surface area contributed by atoms with Crippen LogP contribution < -0.4 is 4.74 Å². The van der Waals surface area contributed by atoms with Crippen LogP contribution in [0, 0.1) is 22.7 Å². The molecule has 1 heterocycles. The fourth-order valence-electron chi connectivity index (χ4n) is 1.21. The van der Waals surface area contributed by atoms with E-state index in [4.69, 9.17) is 15.3 Å². The van der Waals surface area contributed by atoms with Crippen molar-refractivity contribution in [2.75, 3.05) is 5.75 Å². The number of hydrogen-bond acceptors (Lipinski definition) is 5. The lowest BCUT2D eigenvalue weighted by molar-refractivity contribution is 0.168. The molecule has 0 aliphatic heterocycles. The third-order valence-corrected chi connectivity index (χ3v) is 3.41. The molecule has 1 aromatic heterocycles. The van der Waals surface area contributed by atoms with Crippen LogP contribution in [0.2, 0.25) is 0 Å². The minimum atomic E-state index is -1.29. The Morgan fingerprint density at radius 1 is 1.50 bits per heavy atom. The molecular formula is C12H13N3O2S. The monoisotopic (exact) mass is 263 g/mol. The van der Waals surface area contributed by atoms with E-state index in [1.165, 1.54) is 12.3 Å². The van der Waals surface area contributed by atoms with Crippen molar-refractivity contribution in [2.24, 2.45) is 0 Å².